The van der Waals surface area contributed by atoms with E-state index in [1.54, 1.807) is 24.4 Å². The SMILES string of the molecule is COC(=O)c1cccc(C(=O)N[C@H](Cc2cccnc2OC)C(=O)OC)c1. The Balaban J connectivity index is 2.22. The number of ether oxygens (including phenoxy) is 3. The van der Waals surface area contributed by atoms with Gasteiger partial charge in [0.15, 0.2) is 0 Å². The minimum Gasteiger partial charge on any atom is -0.481 e. The van der Waals surface area contributed by atoms with Crippen LogP contribution in [0, 0.1) is 0 Å². The number of hydrogen-bond acceptors (Lipinski definition) is 7. The van der Waals surface area contributed by atoms with Crippen LogP contribution in [0.25, 0.3) is 0 Å². The Morgan fingerprint density at radius 3 is 2.44 bits per heavy atom. The van der Waals surface area contributed by atoms with Crippen molar-refractivity contribution in [3.8, 4) is 5.88 Å². The first kappa shape index (κ1) is 19.9. The lowest BCUT2D eigenvalue weighted by molar-refractivity contribution is -0.142. The van der Waals surface area contributed by atoms with Crippen LogP contribution >= 0.6 is 0 Å². The van der Waals surface area contributed by atoms with Crippen LogP contribution in [0.2, 0.25) is 0 Å². The van der Waals surface area contributed by atoms with Gasteiger partial charge < -0.3 is 19.5 Å². The Labute approximate surface area is 156 Å². The molecule has 1 heterocycles. The molecule has 2 aromatic rings. The fourth-order valence-electron chi connectivity index (χ4n) is 2.47. The van der Waals surface area contributed by atoms with Crippen molar-refractivity contribution in [1.82, 2.24) is 10.3 Å². The monoisotopic (exact) mass is 372 g/mol. The van der Waals surface area contributed by atoms with Crippen LogP contribution in [-0.4, -0.2) is 50.2 Å². The van der Waals surface area contributed by atoms with Crippen LogP contribution < -0.4 is 10.1 Å². The summed E-state index contributed by atoms with van der Waals surface area (Å²) in [5, 5.41) is 2.62. The van der Waals surface area contributed by atoms with Gasteiger partial charge in [-0.05, 0) is 24.3 Å². The average molecular weight is 372 g/mol. The standard InChI is InChI=1S/C19H20N2O6/c1-25-17-13(8-5-9-20-17)11-15(19(24)27-3)21-16(22)12-6-4-7-14(10-12)18(23)26-2/h4-10,15H,11H2,1-3H3,(H,21,22)/t15-/m1/s1. The third-order valence-corrected chi connectivity index (χ3v) is 3.80. The normalized spacial score (nSPS) is 11.2. The molecule has 0 aliphatic carbocycles. The molecule has 0 aliphatic rings. The highest BCUT2D eigenvalue weighted by atomic mass is 16.5. The highest BCUT2D eigenvalue weighted by molar-refractivity contribution is 5.99. The molecule has 1 aromatic carbocycles. The molecule has 1 amide bonds. The fraction of sp³-hybridized carbons (Fsp3) is 0.263. The van der Waals surface area contributed by atoms with Crippen molar-refractivity contribution in [2.45, 2.75) is 12.5 Å². The Bertz CT molecular complexity index is 836. The van der Waals surface area contributed by atoms with Gasteiger partial charge in [0.2, 0.25) is 5.88 Å². The van der Waals surface area contributed by atoms with Gasteiger partial charge in [0.25, 0.3) is 5.91 Å². The minimum absolute atomic E-state index is 0.131. The van der Waals surface area contributed by atoms with Crippen LogP contribution in [0.15, 0.2) is 42.6 Å². The van der Waals surface area contributed by atoms with E-state index in [1.165, 1.54) is 39.5 Å². The summed E-state index contributed by atoms with van der Waals surface area (Å²) in [6.45, 7) is 0. The van der Waals surface area contributed by atoms with Crippen LogP contribution in [0.3, 0.4) is 0 Å². The van der Waals surface area contributed by atoms with Gasteiger partial charge in [-0.2, -0.15) is 0 Å². The molecule has 8 heteroatoms. The van der Waals surface area contributed by atoms with Crippen molar-refractivity contribution >= 4 is 17.8 Å². The maximum atomic E-state index is 12.6. The molecule has 0 unspecified atom stereocenters. The van der Waals surface area contributed by atoms with Gasteiger partial charge in [0.1, 0.15) is 6.04 Å². The number of methoxy groups -OCH3 is 3. The summed E-state index contributed by atoms with van der Waals surface area (Å²) >= 11 is 0. The van der Waals surface area contributed by atoms with E-state index in [0.29, 0.717) is 11.4 Å². The maximum Gasteiger partial charge on any atom is 0.337 e. The summed E-state index contributed by atoms with van der Waals surface area (Å²) in [7, 11) is 3.96. The number of aromatic nitrogens is 1. The molecule has 0 aliphatic heterocycles. The van der Waals surface area contributed by atoms with Crippen LogP contribution in [0.1, 0.15) is 26.3 Å². The number of hydrogen-bond donors (Lipinski definition) is 1. The molecule has 1 aromatic heterocycles. The zero-order chi connectivity index (χ0) is 19.8. The van der Waals surface area contributed by atoms with Gasteiger partial charge in [0, 0.05) is 23.7 Å². The number of carbonyl (C=O) groups excluding carboxylic acids is 3. The van der Waals surface area contributed by atoms with Crippen molar-refractivity contribution in [1.29, 1.82) is 0 Å². The lowest BCUT2D eigenvalue weighted by Crippen LogP contribution is -2.43. The summed E-state index contributed by atoms with van der Waals surface area (Å²) < 4.78 is 14.6. The highest BCUT2D eigenvalue weighted by Crippen LogP contribution is 2.16. The second kappa shape index (κ2) is 9.33. The van der Waals surface area contributed by atoms with E-state index in [1.807, 2.05) is 0 Å². The maximum absolute atomic E-state index is 12.6. The number of carbonyl (C=O) groups is 3. The molecule has 1 atom stereocenters. The zero-order valence-corrected chi connectivity index (χ0v) is 15.2. The van der Waals surface area contributed by atoms with E-state index < -0.39 is 23.9 Å². The lowest BCUT2D eigenvalue weighted by atomic mass is 10.1. The van der Waals surface area contributed by atoms with Crippen molar-refractivity contribution in [3.63, 3.8) is 0 Å². The van der Waals surface area contributed by atoms with E-state index in [-0.39, 0.29) is 17.5 Å². The number of nitrogens with one attached hydrogen (secondary N) is 1. The molecule has 0 spiro atoms. The van der Waals surface area contributed by atoms with Crippen LogP contribution in [0.4, 0.5) is 0 Å². The molecule has 0 saturated carbocycles. The van der Waals surface area contributed by atoms with Crippen molar-refractivity contribution in [2.75, 3.05) is 21.3 Å². The minimum atomic E-state index is -0.956. The van der Waals surface area contributed by atoms with Crippen LogP contribution in [0.5, 0.6) is 5.88 Å². The van der Waals surface area contributed by atoms with E-state index in [9.17, 15) is 14.4 Å². The van der Waals surface area contributed by atoms with E-state index in [0.717, 1.165) is 0 Å². The largest absolute Gasteiger partial charge is 0.481 e. The predicted octanol–water partition coefficient (Wildman–Crippen LogP) is 1.39. The molecule has 1 N–H and O–H groups in total. The molecule has 0 saturated heterocycles. The third-order valence-electron chi connectivity index (χ3n) is 3.80. The summed E-state index contributed by atoms with van der Waals surface area (Å²) in [5.41, 5.74) is 1.08. The first-order valence-corrected chi connectivity index (χ1v) is 8.05. The Morgan fingerprint density at radius 1 is 1.04 bits per heavy atom. The quantitative estimate of drug-likeness (QED) is 0.733. The predicted molar refractivity (Wildman–Crippen MR) is 95.5 cm³/mol. The average Bonchev–Trinajstić information content (AvgIpc) is 2.72. The Hall–Kier alpha value is -3.42. The van der Waals surface area contributed by atoms with Gasteiger partial charge in [0.05, 0.1) is 26.9 Å². The molecular formula is C19H20N2O6. The van der Waals surface area contributed by atoms with Crippen LogP contribution in [-0.2, 0) is 20.7 Å². The number of amides is 1. The highest BCUT2D eigenvalue weighted by Gasteiger charge is 2.24. The molecule has 0 fully saturated rings. The summed E-state index contributed by atoms with van der Waals surface area (Å²) in [6.07, 6.45) is 1.69. The molecule has 0 radical (unpaired) electrons. The number of nitrogens with zero attached hydrogens (tertiary/aromatic N) is 1. The second-order valence-electron chi connectivity index (χ2n) is 5.50. The van der Waals surface area contributed by atoms with Gasteiger partial charge in [-0.3, -0.25) is 4.79 Å². The number of pyridine rings is 1. The van der Waals surface area contributed by atoms with Gasteiger partial charge in [-0.15, -0.1) is 0 Å². The smallest absolute Gasteiger partial charge is 0.337 e. The first-order chi connectivity index (χ1) is 13.0. The molecule has 27 heavy (non-hydrogen) atoms. The molecule has 8 nitrogen and oxygen atoms in total. The molecule has 2 rings (SSSR count). The van der Waals surface area contributed by atoms with Crippen molar-refractivity contribution < 1.29 is 28.6 Å². The van der Waals surface area contributed by atoms with Gasteiger partial charge >= 0.3 is 11.9 Å². The molecule has 142 valence electrons. The lowest BCUT2D eigenvalue weighted by Gasteiger charge is -2.17. The second-order valence-corrected chi connectivity index (χ2v) is 5.50. The van der Waals surface area contributed by atoms with E-state index in [4.69, 9.17) is 9.47 Å². The number of rotatable bonds is 7. The summed E-state index contributed by atoms with van der Waals surface area (Å²) in [4.78, 5) is 40.4. The zero-order valence-electron chi connectivity index (χ0n) is 15.2. The summed E-state index contributed by atoms with van der Waals surface area (Å²) in [5.74, 6) is -1.35. The Kier molecular flexibility index (Phi) is 6.87. The third kappa shape index (κ3) is 5.04. The van der Waals surface area contributed by atoms with E-state index in [2.05, 4.69) is 15.0 Å². The molecule has 0 bridgehead atoms. The fourth-order valence-corrected chi connectivity index (χ4v) is 2.47. The van der Waals surface area contributed by atoms with E-state index >= 15 is 0 Å². The molecular weight excluding hydrogens is 352 g/mol. The van der Waals surface area contributed by atoms with Gasteiger partial charge in [-0.1, -0.05) is 12.1 Å². The number of benzene rings is 1. The van der Waals surface area contributed by atoms with Crippen molar-refractivity contribution in [3.05, 3.63) is 59.3 Å². The Morgan fingerprint density at radius 2 is 1.78 bits per heavy atom. The summed E-state index contributed by atoms with van der Waals surface area (Å²) in [6, 6.07) is 8.49. The van der Waals surface area contributed by atoms with Gasteiger partial charge in [-0.25, -0.2) is 14.6 Å². The topological polar surface area (TPSA) is 104 Å². The number of esters is 2. The first-order valence-electron chi connectivity index (χ1n) is 8.05. The van der Waals surface area contributed by atoms with Crippen molar-refractivity contribution in [2.24, 2.45) is 0 Å².